The molecule has 2 rings (SSSR count). The van der Waals surface area contributed by atoms with Crippen LogP contribution in [0.1, 0.15) is 0 Å². The quantitative estimate of drug-likeness (QED) is 0.687. The van der Waals surface area contributed by atoms with Crippen LogP contribution in [0.15, 0.2) is 36.5 Å². The van der Waals surface area contributed by atoms with E-state index in [0.717, 1.165) is 0 Å². The molecule has 0 fully saturated rings. The second-order valence-corrected chi connectivity index (χ2v) is 3.54. The fourth-order valence-corrected chi connectivity index (χ4v) is 1.39. The highest BCUT2D eigenvalue weighted by Crippen LogP contribution is 2.12. The second-order valence-electron chi connectivity index (χ2n) is 3.54. The summed E-state index contributed by atoms with van der Waals surface area (Å²) in [6, 6.07) is 8.35. The molecule has 4 N–H and O–H groups in total. The summed E-state index contributed by atoms with van der Waals surface area (Å²) in [5.74, 6) is 0.617. The molecule has 0 saturated heterocycles. The zero-order chi connectivity index (χ0) is 12.3. The summed E-state index contributed by atoms with van der Waals surface area (Å²) >= 11 is 0. The topological polar surface area (TPSA) is 85.0 Å². The van der Waals surface area contributed by atoms with Crippen molar-refractivity contribution in [3.63, 3.8) is 0 Å². The third-order valence-corrected chi connectivity index (χ3v) is 2.21. The van der Waals surface area contributed by atoms with Gasteiger partial charge in [-0.05, 0) is 18.2 Å². The molecular formula is C11H13N5O. The summed E-state index contributed by atoms with van der Waals surface area (Å²) in [6.07, 6.45) is 1.61. The van der Waals surface area contributed by atoms with Gasteiger partial charge in [-0.2, -0.15) is 5.10 Å². The van der Waals surface area contributed by atoms with Crippen molar-refractivity contribution in [1.29, 1.82) is 0 Å². The third-order valence-electron chi connectivity index (χ3n) is 2.21. The lowest BCUT2D eigenvalue weighted by Crippen LogP contribution is -2.21. The summed E-state index contributed by atoms with van der Waals surface area (Å²) < 4.78 is 1.57. The van der Waals surface area contributed by atoms with Gasteiger partial charge in [0.2, 0.25) is 0 Å². The average Bonchev–Trinajstić information content (AvgIpc) is 2.64. The number of nitrogen functional groups attached to an aromatic ring is 1. The fourth-order valence-electron chi connectivity index (χ4n) is 1.39. The van der Waals surface area contributed by atoms with Crippen LogP contribution in [0.3, 0.4) is 0 Å². The number of nitrogens with zero attached hydrogens (tertiary/aromatic N) is 2. The van der Waals surface area contributed by atoms with Gasteiger partial charge in [-0.15, -0.1) is 0 Å². The number of rotatable bonds is 2. The van der Waals surface area contributed by atoms with Gasteiger partial charge in [-0.1, -0.05) is 6.07 Å². The molecule has 2 amide bonds. The first kappa shape index (κ1) is 11.0. The lowest BCUT2D eigenvalue weighted by atomic mass is 10.3. The number of nitrogens with one attached hydrogen (secondary N) is 2. The summed E-state index contributed by atoms with van der Waals surface area (Å²) in [5.41, 5.74) is 6.85. The fraction of sp³-hybridized carbons (Fsp3) is 0.0909. The molecule has 0 bridgehead atoms. The Kier molecular flexibility index (Phi) is 2.95. The molecule has 17 heavy (non-hydrogen) atoms. The zero-order valence-corrected chi connectivity index (χ0v) is 9.34. The van der Waals surface area contributed by atoms with E-state index in [1.807, 2.05) is 0 Å². The van der Waals surface area contributed by atoms with Gasteiger partial charge in [-0.25, -0.2) is 4.79 Å². The second kappa shape index (κ2) is 4.56. The van der Waals surface area contributed by atoms with Gasteiger partial charge in [0.25, 0.3) is 0 Å². The number of hydrogen-bond acceptors (Lipinski definition) is 3. The predicted molar refractivity (Wildman–Crippen MR) is 66.7 cm³/mol. The molecule has 0 spiro atoms. The molecule has 1 aromatic heterocycles. The molecule has 6 heteroatoms. The van der Waals surface area contributed by atoms with E-state index in [0.29, 0.717) is 17.2 Å². The van der Waals surface area contributed by atoms with Gasteiger partial charge >= 0.3 is 6.03 Å². The van der Waals surface area contributed by atoms with Crippen LogP contribution in [0.25, 0.3) is 0 Å². The van der Waals surface area contributed by atoms with E-state index >= 15 is 0 Å². The Bertz CT molecular complexity index is 534. The Balaban J connectivity index is 2.01. The summed E-state index contributed by atoms with van der Waals surface area (Å²) in [4.78, 5) is 11.6. The molecule has 2 aromatic rings. The van der Waals surface area contributed by atoms with E-state index in [-0.39, 0.29) is 6.03 Å². The number of benzene rings is 1. The molecule has 0 saturated carbocycles. The van der Waals surface area contributed by atoms with Crippen LogP contribution < -0.4 is 16.4 Å². The highest BCUT2D eigenvalue weighted by Gasteiger charge is 2.05. The van der Waals surface area contributed by atoms with Gasteiger partial charge in [0.05, 0.1) is 6.20 Å². The Morgan fingerprint density at radius 2 is 2.18 bits per heavy atom. The number of hydrogen-bond donors (Lipinski definition) is 3. The lowest BCUT2D eigenvalue weighted by molar-refractivity contribution is 0.262. The lowest BCUT2D eigenvalue weighted by Gasteiger charge is -2.07. The van der Waals surface area contributed by atoms with E-state index in [1.165, 1.54) is 0 Å². The van der Waals surface area contributed by atoms with Crippen LogP contribution in [-0.4, -0.2) is 15.8 Å². The normalized spacial score (nSPS) is 9.94. The van der Waals surface area contributed by atoms with E-state index in [4.69, 9.17) is 5.73 Å². The molecule has 1 aromatic carbocycles. The maximum Gasteiger partial charge on any atom is 0.324 e. The number of aryl methyl sites for hydroxylation is 1. The van der Waals surface area contributed by atoms with Crippen molar-refractivity contribution in [2.75, 3.05) is 16.4 Å². The Hall–Kier alpha value is -2.50. The first-order valence-electron chi connectivity index (χ1n) is 5.07. The van der Waals surface area contributed by atoms with Crippen molar-refractivity contribution in [1.82, 2.24) is 9.78 Å². The average molecular weight is 231 g/mol. The first-order valence-corrected chi connectivity index (χ1v) is 5.07. The number of anilines is 3. The number of carbonyl (C=O) groups is 1. The van der Waals surface area contributed by atoms with Crippen molar-refractivity contribution < 1.29 is 4.79 Å². The molecular weight excluding hydrogens is 218 g/mol. The van der Waals surface area contributed by atoms with E-state index in [9.17, 15) is 4.79 Å². The van der Waals surface area contributed by atoms with E-state index < -0.39 is 0 Å². The summed E-state index contributed by atoms with van der Waals surface area (Å²) in [7, 11) is 1.75. The SMILES string of the molecule is Cn1nccc1NC(=O)Nc1cccc(N)c1. The number of aromatic nitrogens is 2. The van der Waals surface area contributed by atoms with Gasteiger partial charge in [0, 0.05) is 24.5 Å². The largest absolute Gasteiger partial charge is 0.399 e. The monoisotopic (exact) mass is 231 g/mol. The Labute approximate surface area is 98.4 Å². The highest BCUT2D eigenvalue weighted by atomic mass is 16.2. The van der Waals surface area contributed by atoms with Crippen molar-refractivity contribution in [2.45, 2.75) is 0 Å². The molecule has 0 aliphatic carbocycles. The smallest absolute Gasteiger partial charge is 0.324 e. The van der Waals surface area contributed by atoms with Crippen molar-refractivity contribution in [3.8, 4) is 0 Å². The minimum atomic E-state index is -0.334. The van der Waals surface area contributed by atoms with Crippen LogP contribution in [0.2, 0.25) is 0 Å². The van der Waals surface area contributed by atoms with Crippen LogP contribution in [-0.2, 0) is 7.05 Å². The van der Waals surface area contributed by atoms with Crippen LogP contribution >= 0.6 is 0 Å². The molecule has 0 unspecified atom stereocenters. The molecule has 0 radical (unpaired) electrons. The number of nitrogens with two attached hydrogens (primary N) is 1. The third kappa shape index (κ3) is 2.75. The number of carbonyl (C=O) groups excluding carboxylic acids is 1. The Morgan fingerprint density at radius 1 is 1.35 bits per heavy atom. The van der Waals surface area contributed by atoms with Gasteiger partial charge < -0.3 is 11.1 Å². The van der Waals surface area contributed by atoms with Crippen LogP contribution in [0, 0.1) is 0 Å². The van der Waals surface area contributed by atoms with Gasteiger partial charge in [-0.3, -0.25) is 10.00 Å². The maximum absolute atomic E-state index is 11.6. The van der Waals surface area contributed by atoms with Crippen LogP contribution in [0.5, 0.6) is 0 Å². The molecule has 0 aliphatic heterocycles. The van der Waals surface area contributed by atoms with Crippen molar-refractivity contribution in [2.24, 2.45) is 7.05 Å². The molecule has 88 valence electrons. The standard InChI is InChI=1S/C11H13N5O/c1-16-10(5-6-13-16)15-11(17)14-9-4-2-3-8(12)7-9/h2-7H,12H2,1H3,(H2,14,15,17). The molecule has 0 atom stereocenters. The maximum atomic E-state index is 11.6. The van der Waals surface area contributed by atoms with Gasteiger partial charge in [0.1, 0.15) is 5.82 Å². The highest BCUT2D eigenvalue weighted by molar-refractivity contribution is 5.99. The summed E-state index contributed by atoms with van der Waals surface area (Å²) in [5, 5.41) is 9.29. The predicted octanol–water partition coefficient (Wildman–Crippen LogP) is 1.65. The van der Waals surface area contributed by atoms with Gasteiger partial charge in [0.15, 0.2) is 0 Å². The zero-order valence-electron chi connectivity index (χ0n) is 9.34. The van der Waals surface area contributed by atoms with Crippen molar-refractivity contribution in [3.05, 3.63) is 36.5 Å². The van der Waals surface area contributed by atoms with E-state index in [1.54, 1.807) is 48.3 Å². The van der Waals surface area contributed by atoms with E-state index in [2.05, 4.69) is 15.7 Å². The van der Waals surface area contributed by atoms with Crippen molar-refractivity contribution >= 4 is 23.2 Å². The number of urea groups is 1. The molecule has 0 aliphatic rings. The molecule has 1 heterocycles. The summed E-state index contributed by atoms with van der Waals surface area (Å²) in [6.45, 7) is 0. The Morgan fingerprint density at radius 3 is 2.82 bits per heavy atom. The number of amides is 2. The first-order chi connectivity index (χ1) is 8.15. The minimum Gasteiger partial charge on any atom is -0.399 e. The van der Waals surface area contributed by atoms with Crippen LogP contribution in [0.4, 0.5) is 22.0 Å². The minimum absolute atomic E-state index is 0.334. The molecule has 6 nitrogen and oxygen atoms in total.